The second-order valence-corrected chi connectivity index (χ2v) is 5.71. The SMILES string of the molecule is CSCC[C@@H](NC(N)=O)C(=O)Nc1ccc(C)cc1Cl. The summed E-state index contributed by atoms with van der Waals surface area (Å²) in [4.78, 5) is 23.1. The molecule has 0 bridgehead atoms. The van der Waals surface area contributed by atoms with Gasteiger partial charge in [0.05, 0.1) is 10.7 Å². The maximum Gasteiger partial charge on any atom is 0.312 e. The summed E-state index contributed by atoms with van der Waals surface area (Å²) in [5, 5.41) is 5.60. The Bertz CT molecular complexity index is 497. The Balaban J connectivity index is 2.76. The summed E-state index contributed by atoms with van der Waals surface area (Å²) in [5.41, 5.74) is 6.60. The van der Waals surface area contributed by atoms with Crippen molar-refractivity contribution < 1.29 is 9.59 Å². The fourth-order valence-electron chi connectivity index (χ4n) is 1.62. The van der Waals surface area contributed by atoms with Crippen molar-refractivity contribution in [1.82, 2.24) is 5.32 Å². The summed E-state index contributed by atoms with van der Waals surface area (Å²) in [6.07, 6.45) is 2.43. The van der Waals surface area contributed by atoms with Gasteiger partial charge in [0, 0.05) is 0 Å². The normalized spacial score (nSPS) is 11.8. The Hall–Kier alpha value is -1.40. The van der Waals surface area contributed by atoms with Crippen LogP contribution in [0.2, 0.25) is 5.02 Å². The molecule has 0 aliphatic heterocycles. The van der Waals surface area contributed by atoms with E-state index in [2.05, 4.69) is 10.6 Å². The summed E-state index contributed by atoms with van der Waals surface area (Å²) in [6.45, 7) is 1.91. The summed E-state index contributed by atoms with van der Waals surface area (Å²) in [6, 6.07) is 3.94. The molecule has 0 saturated carbocycles. The molecular weight excluding hydrogens is 298 g/mol. The van der Waals surface area contributed by atoms with E-state index in [0.29, 0.717) is 17.1 Å². The lowest BCUT2D eigenvalue weighted by molar-refractivity contribution is -0.117. The molecule has 20 heavy (non-hydrogen) atoms. The number of carbonyl (C=O) groups excluding carboxylic acids is 2. The topological polar surface area (TPSA) is 84.2 Å². The van der Waals surface area contributed by atoms with Gasteiger partial charge in [0.2, 0.25) is 5.91 Å². The lowest BCUT2D eigenvalue weighted by Gasteiger charge is -2.17. The minimum Gasteiger partial charge on any atom is -0.352 e. The number of aryl methyl sites for hydroxylation is 1. The van der Waals surface area contributed by atoms with Crippen LogP contribution < -0.4 is 16.4 Å². The molecule has 0 fully saturated rings. The Morgan fingerprint density at radius 2 is 2.15 bits per heavy atom. The van der Waals surface area contributed by atoms with Crippen LogP contribution in [0.25, 0.3) is 0 Å². The van der Waals surface area contributed by atoms with Crippen LogP contribution in [0.1, 0.15) is 12.0 Å². The fourth-order valence-corrected chi connectivity index (χ4v) is 2.37. The van der Waals surface area contributed by atoms with Gasteiger partial charge in [-0.05, 0) is 43.0 Å². The zero-order valence-electron chi connectivity index (χ0n) is 11.4. The molecule has 0 aromatic heterocycles. The zero-order chi connectivity index (χ0) is 15.1. The van der Waals surface area contributed by atoms with E-state index in [1.54, 1.807) is 23.9 Å². The van der Waals surface area contributed by atoms with Crippen LogP contribution in [-0.2, 0) is 4.79 Å². The predicted octanol–water partition coefficient (Wildman–Crippen LogP) is 2.38. The first-order chi connectivity index (χ1) is 9.43. The number of primary amides is 1. The molecule has 0 heterocycles. The number of amides is 3. The highest BCUT2D eigenvalue weighted by Gasteiger charge is 2.20. The summed E-state index contributed by atoms with van der Waals surface area (Å²) in [7, 11) is 0. The van der Waals surface area contributed by atoms with Gasteiger partial charge in [-0.15, -0.1) is 0 Å². The van der Waals surface area contributed by atoms with Gasteiger partial charge in [-0.3, -0.25) is 4.79 Å². The highest BCUT2D eigenvalue weighted by Crippen LogP contribution is 2.23. The molecule has 0 aliphatic rings. The average Bonchev–Trinajstić information content (AvgIpc) is 2.37. The van der Waals surface area contributed by atoms with Gasteiger partial charge in [-0.2, -0.15) is 11.8 Å². The van der Waals surface area contributed by atoms with E-state index in [-0.39, 0.29) is 5.91 Å². The van der Waals surface area contributed by atoms with E-state index in [1.165, 1.54) is 0 Å². The first kappa shape index (κ1) is 16.7. The van der Waals surface area contributed by atoms with Crippen molar-refractivity contribution >= 4 is 41.0 Å². The van der Waals surface area contributed by atoms with E-state index >= 15 is 0 Å². The number of rotatable bonds is 6. The van der Waals surface area contributed by atoms with Crippen LogP contribution in [0.5, 0.6) is 0 Å². The van der Waals surface area contributed by atoms with Crippen LogP contribution in [0.4, 0.5) is 10.5 Å². The molecule has 4 N–H and O–H groups in total. The van der Waals surface area contributed by atoms with Gasteiger partial charge >= 0.3 is 6.03 Å². The molecule has 7 heteroatoms. The van der Waals surface area contributed by atoms with Crippen LogP contribution in [0.15, 0.2) is 18.2 Å². The van der Waals surface area contributed by atoms with Crippen molar-refractivity contribution in [3.63, 3.8) is 0 Å². The number of anilines is 1. The second-order valence-electron chi connectivity index (χ2n) is 4.32. The Morgan fingerprint density at radius 1 is 1.45 bits per heavy atom. The van der Waals surface area contributed by atoms with Crippen LogP contribution >= 0.6 is 23.4 Å². The summed E-state index contributed by atoms with van der Waals surface area (Å²) >= 11 is 7.65. The molecule has 3 amide bonds. The van der Waals surface area contributed by atoms with Gasteiger partial charge in [-0.1, -0.05) is 17.7 Å². The van der Waals surface area contributed by atoms with Gasteiger partial charge in [0.25, 0.3) is 0 Å². The van der Waals surface area contributed by atoms with Crippen molar-refractivity contribution in [2.75, 3.05) is 17.3 Å². The molecule has 0 aliphatic carbocycles. The minimum absolute atomic E-state index is 0.330. The van der Waals surface area contributed by atoms with Crippen LogP contribution in [0, 0.1) is 6.92 Å². The van der Waals surface area contributed by atoms with Gasteiger partial charge in [0.1, 0.15) is 6.04 Å². The number of hydrogen-bond donors (Lipinski definition) is 3. The lowest BCUT2D eigenvalue weighted by Crippen LogP contribution is -2.46. The Labute approximate surface area is 127 Å². The average molecular weight is 316 g/mol. The second kappa shape index (κ2) is 8.01. The molecule has 5 nitrogen and oxygen atoms in total. The number of nitrogens with two attached hydrogens (primary N) is 1. The highest BCUT2D eigenvalue weighted by atomic mass is 35.5. The number of carbonyl (C=O) groups is 2. The third-order valence-corrected chi connectivity index (χ3v) is 3.58. The molecule has 1 rings (SSSR count). The van der Waals surface area contributed by atoms with E-state index < -0.39 is 12.1 Å². The minimum atomic E-state index is -0.721. The molecule has 1 atom stereocenters. The fraction of sp³-hybridized carbons (Fsp3) is 0.385. The number of thioether (sulfide) groups is 1. The zero-order valence-corrected chi connectivity index (χ0v) is 13.0. The largest absolute Gasteiger partial charge is 0.352 e. The number of benzene rings is 1. The van der Waals surface area contributed by atoms with E-state index in [0.717, 1.165) is 11.3 Å². The summed E-state index contributed by atoms with van der Waals surface area (Å²) < 4.78 is 0. The summed E-state index contributed by atoms with van der Waals surface area (Å²) in [5.74, 6) is 0.406. The van der Waals surface area contributed by atoms with Crippen molar-refractivity contribution in [2.24, 2.45) is 5.73 Å². The smallest absolute Gasteiger partial charge is 0.312 e. The van der Waals surface area contributed by atoms with Crippen molar-refractivity contribution in [3.05, 3.63) is 28.8 Å². The third-order valence-electron chi connectivity index (χ3n) is 2.63. The maximum atomic E-state index is 12.1. The molecule has 0 radical (unpaired) electrons. The predicted molar refractivity (Wildman–Crippen MR) is 84.3 cm³/mol. The Kier molecular flexibility index (Phi) is 6.67. The monoisotopic (exact) mass is 315 g/mol. The van der Waals surface area contributed by atoms with E-state index in [9.17, 15) is 9.59 Å². The molecule has 0 unspecified atom stereocenters. The van der Waals surface area contributed by atoms with Crippen molar-refractivity contribution in [3.8, 4) is 0 Å². The van der Waals surface area contributed by atoms with Gasteiger partial charge in [0.15, 0.2) is 0 Å². The lowest BCUT2D eigenvalue weighted by atomic mass is 10.2. The molecule has 1 aromatic carbocycles. The quantitative estimate of drug-likeness (QED) is 0.753. The standard InChI is InChI=1S/C13H18ClN3O2S/c1-8-3-4-10(9(14)7-8)16-12(18)11(5-6-20-2)17-13(15)19/h3-4,7,11H,5-6H2,1-2H3,(H,16,18)(H3,15,17,19)/t11-/m1/s1. The van der Waals surface area contributed by atoms with Crippen LogP contribution in [-0.4, -0.2) is 30.0 Å². The van der Waals surface area contributed by atoms with Gasteiger partial charge < -0.3 is 16.4 Å². The van der Waals surface area contributed by atoms with Gasteiger partial charge in [-0.25, -0.2) is 4.79 Å². The number of hydrogen-bond acceptors (Lipinski definition) is 3. The number of nitrogens with one attached hydrogen (secondary N) is 2. The third kappa shape index (κ3) is 5.30. The maximum absolute atomic E-state index is 12.1. The molecule has 0 saturated heterocycles. The van der Waals surface area contributed by atoms with Crippen molar-refractivity contribution in [1.29, 1.82) is 0 Å². The molecular formula is C13H18ClN3O2S. The number of halogens is 1. The van der Waals surface area contributed by atoms with E-state index in [1.807, 2.05) is 19.2 Å². The van der Waals surface area contributed by atoms with Crippen molar-refractivity contribution in [2.45, 2.75) is 19.4 Å². The van der Waals surface area contributed by atoms with E-state index in [4.69, 9.17) is 17.3 Å². The molecule has 0 spiro atoms. The highest BCUT2D eigenvalue weighted by molar-refractivity contribution is 7.98. The first-order valence-electron chi connectivity index (χ1n) is 6.06. The first-order valence-corrected chi connectivity index (χ1v) is 7.83. The molecule has 110 valence electrons. The molecule has 1 aromatic rings. The Morgan fingerprint density at radius 3 is 2.70 bits per heavy atom. The van der Waals surface area contributed by atoms with Crippen LogP contribution in [0.3, 0.4) is 0 Å². The number of urea groups is 1.